The van der Waals surface area contributed by atoms with Crippen LogP contribution in [0.3, 0.4) is 0 Å². The molecule has 1 aromatic carbocycles. The van der Waals surface area contributed by atoms with Gasteiger partial charge in [0.15, 0.2) is 5.82 Å². The number of piperazine rings is 1. The third-order valence-corrected chi connectivity index (χ3v) is 8.74. The highest BCUT2D eigenvalue weighted by molar-refractivity contribution is 5.92. The zero-order valence-electron chi connectivity index (χ0n) is 20.8. The molecule has 2 unspecified atom stereocenters. The van der Waals surface area contributed by atoms with E-state index in [1.54, 1.807) is 30.5 Å². The summed E-state index contributed by atoms with van der Waals surface area (Å²) >= 11 is 0. The fraction of sp³-hybridized carbons (Fsp3) is 0.500. The molecule has 190 valence electrons. The van der Waals surface area contributed by atoms with Gasteiger partial charge in [-0.25, -0.2) is 4.39 Å². The lowest BCUT2D eigenvalue weighted by molar-refractivity contribution is 0.108. The van der Waals surface area contributed by atoms with Gasteiger partial charge >= 0.3 is 6.01 Å². The van der Waals surface area contributed by atoms with E-state index in [0.29, 0.717) is 41.0 Å². The number of hydrogen-bond donors (Lipinski definition) is 1. The number of nitriles is 1. The summed E-state index contributed by atoms with van der Waals surface area (Å²) in [7, 11) is 0. The zero-order chi connectivity index (χ0) is 25.0. The average Bonchev–Trinajstić information content (AvgIpc) is 3.61. The minimum Gasteiger partial charge on any atom is -0.461 e. The van der Waals surface area contributed by atoms with Crippen LogP contribution in [-0.2, 0) is 0 Å². The lowest BCUT2D eigenvalue weighted by atomic mass is 9.95. The van der Waals surface area contributed by atoms with Crippen LogP contribution in [0, 0.1) is 17.1 Å². The molecule has 0 amide bonds. The van der Waals surface area contributed by atoms with Gasteiger partial charge in [0.1, 0.15) is 23.6 Å². The van der Waals surface area contributed by atoms with Crippen molar-refractivity contribution >= 4 is 16.7 Å². The van der Waals surface area contributed by atoms with Crippen molar-refractivity contribution in [3.63, 3.8) is 0 Å². The maximum atomic E-state index is 16.2. The van der Waals surface area contributed by atoms with Crippen LogP contribution >= 0.6 is 0 Å². The number of ether oxygens (including phenoxy) is 1. The topological polar surface area (TPSA) is 90.2 Å². The summed E-state index contributed by atoms with van der Waals surface area (Å²) in [6.07, 6.45) is 8.50. The average molecular weight is 500 g/mol. The maximum Gasteiger partial charge on any atom is 0.319 e. The molecule has 0 aliphatic carbocycles. The second-order valence-electron chi connectivity index (χ2n) is 10.9. The Labute approximate surface area is 215 Å². The van der Waals surface area contributed by atoms with Crippen LogP contribution in [-0.4, -0.2) is 70.3 Å². The number of hydrogen-bond acceptors (Lipinski definition) is 8. The lowest BCUT2D eigenvalue weighted by Gasteiger charge is -2.34. The van der Waals surface area contributed by atoms with Crippen molar-refractivity contribution in [2.75, 3.05) is 37.7 Å². The first-order valence-corrected chi connectivity index (χ1v) is 13.4. The van der Waals surface area contributed by atoms with Crippen LogP contribution in [0.2, 0.25) is 0 Å². The van der Waals surface area contributed by atoms with Crippen molar-refractivity contribution in [2.45, 2.75) is 56.1 Å². The monoisotopic (exact) mass is 499 g/mol. The highest BCUT2D eigenvalue weighted by Crippen LogP contribution is 2.40. The number of pyridine rings is 1. The molecule has 8 nitrogen and oxygen atoms in total. The summed E-state index contributed by atoms with van der Waals surface area (Å²) in [6, 6.07) is 10.1. The molecule has 4 saturated heterocycles. The molecular formula is C28H30FN7O. The largest absolute Gasteiger partial charge is 0.461 e. The van der Waals surface area contributed by atoms with Crippen LogP contribution in [0.25, 0.3) is 22.2 Å². The Balaban J connectivity index is 1.32. The molecular weight excluding hydrogens is 469 g/mol. The van der Waals surface area contributed by atoms with Gasteiger partial charge in [-0.3, -0.25) is 9.88 Å². The number of rotatable bonds is 5. The fourth-order valence-electron chi connectivity index (χ4n) is 6.93. The molecule has 6 heterocycles. The molecule has 1 N–H and O–H groups in total. The normalized spacial score (nSPS) is 24.4. The van der Waals surface area contributed by atoms with Gasteiger partial charge in [0, 0.05) is 36.9 Å². The van der Waals surface area contributed by atoms with Crippen LogP contribution in [0.1, 0.15) is 44.1 Å². The second kappa shape index (κ2) is 8.89. The van der Waals surface area contributed by atoms with Crippen molar-refractivity contribution in [2.24, 2.45) is 0 Å². The summed E-state index contributed by atoms with van der Waals surface area (Å²) in [5.41, 5.74) is 1.19. The molecule has 0 radical (unpaired) electrons. The number of anilines is 1. The first kappa shape index (κ1) is 22.8. The number of halogens is 1. The lowest BCUT2D eigenvalue weighted by Crippen LogP contribution is -2.51. The Hall–Kier alpha value is -3.35. The molecule has 0 saturated carbocycles. The van der Waals surface area contributed by atoms with Gasteiger partial charge in [0.25, 0.3) is 0 Å². The Bertz CT molecular complexity index is 1380. The third kappa shape index (κ3) is 3.82. The highest BCUT2D eigenvalue weighted by Gasteiger charge is 2.45. The molecule has 3 aromatic rings. The predicted octanol–water partition coefficient (Wildman–Crippen LogP) is 3.65. The fourth-order valence-corrected chi connectivity index (χ4v) is 6.93. The van der Waals surface area contributed by atoms with Crippen molar-refractivity contribution in [1.29, 1.82) is 5.26 Å². The van der Waals surface area contributed by atoms with E-state index in [1.165, 1.54) is 12.8 Å². The highest BCUT2D eigenvalue weighted by atomic mass is 19.1. The van der Waals surface area contributed by atoms with Gasteiger partial charge in [-0.2, -0.15) is 15.2 Å². The maximum absolute atomic E-state index is 16.2. The van der Waals surface area contributed by atoms with Crippen molar-refractivity contribution in [1.82, 2.24) is 25.2 Å². The molecule has 0 spiro atoms. The summed E-state index contributed by atoms with van der Waals surface area (Å²) in [6.45, 7) is 4.35. The van der Waals surface area contributed by atoms with Crippen molar-refractivity contribution in [3.8, 4) is 23.3 Å². The summed E-state index contributed by atoms with van der Waals surface area (Å²) in [5.74, 6) is 0.130. The Kier molecular flexibility index (Phi) is 5.48. The van der Waals surface area contributed by atoms with Gasteiger partial charge in [-0.15, -0.1) is 0 Å². The molecule has 2 aromatic heterocycles. The minimum atomic E-state index is -0.548. The van der Waals surface area contributed by atoms with Crippen LogP contribution in [0.15, 0.2) is 30.5 Å². The van der Waals surface area contributed by atoms with Crippen LogP contribution < -0.4 is 15.0 Å². The first-order chi connectivity index (χ1) is 18.1. The van der Waals surface area contributed by atoms with E-state index in [9.17, 15) is 5.26 Å². The molecule has 4 aliphatic rings. The van der Waals surface area contributed by atoms with E-state index in [0.717, 1.165) is 51.9 Å². The second-order valence-corrected chi connectivity index (χ2v) is 10.9. The molecule has 4 fully saturated rings. The Morgan fingerprint density at radius 1 is 1.11 bits per heavy atom. The van der Waals surface area contributed by atoms with Crippen molar-refractivity contribution in [3.05, 3.63) is 41.8 Å². The third-order valence-electron chi connectivity index (χ3n) is 8.74. The number of aromatic nitrogens is 3. The van der Waals surface area contributed by atoms with E-state index >= 15 is 4.39 Å². The summed E-state index contributed by atoms with van der Waals surface area (Å²) in [4.78, 5) is 18.7. The van der Waals surface area contributed by atoms with E-state index in [4.69, 9.17) is 9.72 Å². The Morgan fingerprint density at radius 3 is 2.62 bits per heavy atom. The van der Waals surface area contributed by atoms with E-state index in [1.807, 2.05) is 0 Å². The van der Waals surface area contributed by atoms with E-state index < -0.39 is 5.82 Å². The van der Waals surface area contributed by atoms with Gasteiger partial charge in [0.05, 0.1) is 22.6 Å². The Morgan fingerprint density at radius 2 is 1.86 bits per heavy atom. The van der Waals surface area contributed by atoms with Gasteiger partial charge in [0.2, 0.25) is 0 Å². The van der Waals surface area contributed by atoms with Gasteiger partial charge in [-0.05, 0) is 57.7 Å². The van der Waals surface area contributed by atoms with Crippen molar-refractivity contribution < 1.29 is 9.13 Å². The van der Waals surface area contributed by atoms with Gasteiger partial charge in [-0.1, -0.05) is 18.2 Å². The van der Waals surface area contributed by atoms with Crippen LogP contribution in [0.4, 0.5) is 10.2 Å². The molecule has 37 heavy (non-hydrogen) atoms. The number of nitrogens with one attached hydrogen (secondary N) is 1. The quantitative estimate of drug-likeness (QED) is 0.569. The summed E-state index contributed by atoms with van der Waals surface area (Å²) in [5, 5.41) is 13.8. The van der Waals surface area contributed by atoms with E-state index in [-0.39, 0.29) is 22.8 Å². The number of benzene rings is 1. The molecule has 7 rings (SSSR count). The molecule has 2 bridgehead atoms. The molecule has 4 aliphatic heterocycles. The standard InChI is InChI=1S/C28H30FN7O/c29-23-24(21-6-2-1-5-18(21)13-30)31-14-22-25(23)33-27(37-17-28-9-3-11-36(28)12-4-10-28)34-26(22)35-15-19-7-8-20(16-35)32-19/h1-2,5-6,14,19-20,32H,3-4,7-12,15-17H2. The predicted molar refractivity (Wildman–Crippen MR) is 138 cm³/mol. The first-order valence-electron chi connectivity index (χ1n) is 13.4. The number of fused-ring (bicyclic) bond motifs is 4. The SMILES string of the molecule is N#Cc1ccccc1-c1ncc2c(N3CC4CCC(C3)N4)nc(OCC34CCCN3CCC4)nc2c1F. The minimum absolute atomic E-state index is 0.0420. The smallest absolute Gasteiger partial charge is 0.319 e. The zero-order valence-corrected chi connectivity index (χ0v) is 20.8. The van der Waals surface area contributed by atoms with E-state index in [2.05, 4.69) is 31.2 Å². The molecule has 2 atom stereocenters. The number of nitrogens with zero attached hydrogens (tertiary/aromatic N) is 6. The van der Waals surface area contributed by atoms with Gasteiger partial charge < -0.3 is 15.0 Å². The van der Waals surface area contributed by atoms with Crippen LogP contribution in [0.5, 0.6) is 6.01 Å². The summed E-state index contributed by atoms with van der Waals surface area (Å²) < 4.78 is 22.5. The molecule has 9 heteroatoms.